The van der Waals surface area contributed by atoms with E-state index in [1.54, 1.807) is 47.5 Å². The third kappa shape index (κ3) is 3.44. The fourth-order valence-electron chi connectivity index (χ4n) is 2.42. The quantitative estimate of drug-likeness (QED) is 0.732. The number of benzene rings is 1. The molecule has 2 aromatic heterocycles. The molecule has 0 aliphatic heterocycles. The highest BCUT2D eigenvalue weighted by Gasteiger charge is 2.17. The number of aromatic nitrogens is 3. The summed E-state index contributed by atoms with van der Waals surface area (Å²) in [4.78, 5) is 16.8. The van der Waals surface area contributed by atoms with Gasteiger partial charge in [0.05, 0.1) is 33.2 Å². The molecule has 8 heteroatoms. The molecule has 0 aliphatic rings. The first-order chi connectivity index (χ1) is 12.7. The topological polar surface area (TPSA) is 87.5 Å². The number of anilines is 1. The number of ether oxygens (including phenoxy) is 3. The number of pyridine rings is 1. The van der Waals surface area contributed by atoms with Gasteiger partial charge >= 0.3 is 0 Å². The minimum Gasteiger partial charge on any atom is -0.493 e. The number of carbonyl (C=O) groups is 1. The molecule has 0 bridgehead atoms. The van der Waals surface area contributed by atoms with Gasteiger partial charge < -0.3 is 19.5 Å². The van der Waals surface area contributed by atoms with Crippen LogP contribution in [0.25, 0.3) is 5.82 Å². The van der Waals surface area contributed by atoms with Crippen molar-refractivity contribution < 1.29 is 19.0 Å². The third-order valence-electron chi connectivity index (χ3n) is 3.67. The molecule has 1 aromatic carbocycles. The highest BCUT2D eigenvalue weighted by molar-refractivity contribution is 6.05. The van der Waals surface area contributed by atoms with Crippen molar-refractivity contribution in [1.82, 2.24) is 14.8 Å². The van der Waals surface area contributed by atoms with E-state index >= 15 is 0 Å². The van der Waals surface area contributed by atoms with Gasteiger partial charge in [-0.15, -0.1) is 0 Å². The fourth-order valence-corrected chi connectivity index (χ4v) is 2.42. The molecule has 0 saturated carbocycles. The van der Waals surface area contributed by atoms with E-state index < -0.39 is 0 Å². The fraction of sp³-hybridized carbons (Fsp3) is 0.167. The molecule has 8 nitrogen and oxygen atoms in total. The number of amides is 1. The van der Waals surface area contributed by atoms with Crippen LogP contribution in [0.4, 0.5) is 5.69 Å². The molecule has 3 aromatic rings. The highest BCUT2D eigenvalue weighted by Crippen LogP contribution is 2.38. The van der Waals surface area contributed by atoms with Crippen LogP contribution in [0, 0.1) is 0 Å². The lowest BCUT2D eigenvalue weighted by molar-refractivity contribution is 0.102. The summed E-state index contributed by atoms with van der Waals surface area (Å²) < 4.78 is 17.4. The van der Waals surface area contributed by atoms with Crippen LogP contribution >= 0.6 is 0 Å². The van der Waals surface area contributed by atoms with Crippen LogP contribution < -0.4 is 19.5 Å². The third-order valence-corrected chi connectivity index (χ3v) is 3.67. The molecule has 1 N–H and O–H groups in total. The van der Waals surface area contributed by atoms with Crippen LogP contribution in [0.1, 0.15) is 10.4 Å². The number of nitrogens with one attached hydrogen (secondary N) is 1. The Balaban J connectivity index is 1.81. The first kappa shape index (κ1) is 17.3. The molecule has 2 heterocycles. The van der Waals surface area contributed by atoms with Crippen molar-refractivity contribution >= 4 is 11.6 Å². The molecule has 0 radical (unpaired) electrons. The van der Waals surface area contributed by atoms with Gasteiger partial charge in [-0.3, -0.25) is 4.79 Å². The lowest BCUT2D eigenvalue weighted by atomic mass is 10.1. The molecule has 0 spiro atoms. The molecule has 0 saturated heterocycles. The van der Waals surface area contributed by atoms with E-state index in [1.807, 2.05) is 6.07 Å². The van der Waals surface area contributed by atoms with Crippen molar-refractivity contribution in [3.05, 3.63) is 54.5 Å². The Labute approximate surface area is 150 Å². The molecule has 0 atom stereocenters. The minimum atomic E-state index is -0.321. The van der Waals surface area contributed by atoms with Crippen LogP contribution in [0.5, 0.6) is 17.2 Å². The molecule has 3 rings (SSSR count). The van der Waals surface area contributed by atoms with Crippen LogP contribution in [-0.2, 0) is 0 Å². The van der Waals surface area contributed by atoms with Gasteiger partial charge in [0.1, 0.15) is 0 Å². The summed E-state index contributed by atoms with van der Waals surface area (Å²) in [7, 11) is 4.50. The number of rotatable bonds is 6. The van der Waals surface area contributed by atoms with Crippen LogP contribution in [0.3, 0.4) is 0 Å². The van der Waals surface area contributed by atoms with E-state index in [4.69, 9.17) is 14.2 Å². The van der Waals surface area contributed by atoms with Gasteiger partial charge in [0, 0.05) is 18.0 Å². The lowest BCUT2D eigenvalue weighted by Gasteiger charge is -2.14. The Morgan fingerprint density at radius 1 is 1.08 bits per heavy atom. The normalized spacial score (nSPS) is 10.3. The number of methoxy groups -OCH3 is 3. The smallest absolute Gasteiger partial charge is 0.255 e. The van der Waals surface area contributed by atoms with E-state index in [1.165, 1.54) is 21.3 Å². The second-order valence-electron chi connectivity index (χ2n) is 5.22. The lowest BCUT2D eigenvalue weighted by Crippen LogP contribution is -2.13. The Bertz CT molecular complexity index is 867. The van der Waals surface area contributed by atoms with Crippen LogP contribution in [0.2, 0.25) is 0 Å². The maximum atomic E-state index is 12.6. The van der Waals surface area contributed by atoms with Crippen molar-refractivity contribution in [2.45, 2.75) is 0 Å². The zero-order chi connectivity index (χ0) is 18.5. The molecule has 0 aliphatic carbocycles. The van der Waals surface area contributed by atoms with Gasteiger partial charge in [-0.25, -0.2) is 9.67 Å². The second kappa shape index (κ2) is 7.56. The van der Waals surface area contributed by atoms with Gasteiger partial charge in [0.25, 0.3) is 5.91 Å². The molecule has 134 valence electrons. The number of hydrogen-bond acceptors (Lipinski definition) is 6. The van der Waals surface area contributed by atoms with E-state index in [-0.39, 0.29) is 5.91 Å². The highest BCUT2D eigenvalue weighted by atomic mass is 16.5. The summed E-state index contributed by atoms with van der Waals surface area (Å²) >= 11 is 0. The Kier molecular flexibility index (Phi) is 5.02. The van der Waals surface area contributed by atoms with Crippen LogP contribution in [-0.4, -0.2) is 42.0 Å². The predicted molar refractivity (Wildman–Crippen MR) is 95.4 cm³/mol. The summed E-state index contributed by atoms with van der Waals surface area (Å²) in [6, 6.07) is 8.49. The van der Waals surface area contributed by atoms with Gasteiger partial charge in [0.2, 0.25) is 5.75 Å². The average Bonchev–Trinajstić information content (AvgIpc) is 3.22. The first-order valence-corrected chi connectivity index (χ1v) is 7.73. The summed E-state index contributed by atoms with van der Waals surface area (Å²) in [5.74, 6) is 1.57. The zero-order valence-corrected chi connectivity index (χ0v) is 14.6. The first-order valence-electron chi connectivity index (χ1n) is 7.73. The average molecular weight is 354 g/mol. The van der Waals surface area contributed by atoms with E-state index in [0.29, 0.717) is 34.3 Å². The van der Waals surface area contributed by atoms with Crippen molar-refractivity contribution in [2.75, 3.05) is 26.6 Å². The van der Waals surface area contributed by atoms with E-state index in [2.05, 4.69) is 15.4 Å². The molecular weight excluding hydrogens is 336 g/mol. The van der Waals surface area contributed by atoms with Crippen LogP contribution in [0.15, 0.2) is 48.9 Å². The maximum Gasteiger partial charge on any atom is 0.255 e. The molecule has 1 amide bonds. The van der Waals surface area contributed by atoms with Gasteiger partial charge in [-0.2, -0.15) is 5.10 Å². The Morgan fingerprint density at radius 3 is 2.31 bits per heavy atom. The van der Waals surface area contributed by atoms with E-state index in [9.17, 15) is 4.79 Å². The number of nitrogens with zero attached hydrogens (tertiary/aromatic N) is 3. The molecule has 0 fully saturated rings. The summed E-state index contributed by atoms with van der Waals surface area (Å²) in [5.41, 5.74) is 0.926. The molecule has 0 unspecified atom stereocenters. The predicted octanol–water partition coefficient (Wildman–Crippen LogP) is 2.55. The molecule has 26 heavy (non-hydrogen) atoms. The summed E-state index contributed by atoms with van der Waals surface area (Å²) in [5, 5.41) is 6.89. The SMILES string of the molecule is COc1cc(C(=O)Nc2ccc(-n3cccn3)nc2)cc(OC)c1OC. The standard InChI is InChI=1S/C18H18N4O4/c1-24-14-9-12(10-15(25-2)17(14)26-3)18(23)21-13-5-6-16(19-11-13)22-8-4-7-20-22/h4-11H,1-3H3,(H,21,23). The maximum absolute atomic E-state index is 12.6. The summed E-state index contributed by atoms with van der Waals surface area (Å²) in [6.07, 6.45) is 5.02. The van der Waals surface area contributed by atoms with E-state index in [0.717, 1.165) is 0 Å². The minimum absolute atomic E-state index is 0.321. The monoisotopic (exact) mass is 354 g/mol. The van der Waals surface area contributed by atoms with Gasteiger partial charge in [0.15, 0.2) is 17.3 Å². The Hall–Kier alpha value is -3.55. The van der Waals surface area contributed by atoms with Crippen molar-refractivity contribution in [1.29, 1.82) is 0 Å². The number of hydrogen-bond donors (Lipinski definition) is 1. The largest absolute Gasteiger partial charge is 0.493 e. The van der Waals surface area contributed by atoms with Crippen molar-refractivity contribution in [2.24, 2.45) is 0 Å². The van der Waals surface area contributed by atoms with Crippen molar-refractivity contribution in [3.8, 4) is 23.1 Å². The van der Waals surface area contributed by atoms with Gasteiger partial charge in [-0.05, 0) is 30.3 Å². The zero-order valence-electron chi connectivity index (χ0n) is 14.6. The summed E-state index contributed by atoms with van der Waals surface area (Å²) in [6.45, 7) is 0. The van der Waals surface area contributed by atoms with Gasteiger partial charge in [-0.1, -0.05) is 0 Å². The number of carbonyl (C=O) groups excluding carboxylic acids is 1. The molecular formula is C18H18N4O4. The van der Waals surface area contributed by atoms with Crippen molar-refractivity contribution in [3.63, 3.8) is 0 Å². The Morgan fingerprint density at radius 2 is 1.81 bits per heavy atom. The second-order valence-corrected chi connectivity index (χ2v) is 5.22.